The lowest BCUT2D eigenvalue weighted by Crippen LogP contribution is -2.32. The predicted octanol–water partition coefficient (Wildman–Crippen LogP) is 3.49. The van der Waals surface area contributed by atoms with Gasteiger partial charge in [-0.3, -0.25) is 0 Å². The highest BCUT2D eigenvalue weighted by atomic mass is 16.3. The van der Waals surface area contributed by atoms with Crippen LogP contribution >= 0.6 is 0 Å². The summed E-state index contributed by atoms with van der Waals surface area (Å²) in [6.07, 6.45) is 2.77. The Balaban J connectivity index is 2.35. The first-order chi connectivity index (χ1) is 8.27. The van der Waals surface area contributed by atoms with E-state index < -0.39 is 5.41 Å². The average Bonchev–Trinajstić information content (AvgIpc) is 2.31. The lowest BCUT2D eigenvalue weighted by Gasteiger charge is -2.36. The van der Waals surface area contributed by atoms with E-state index in [1.165, 1.54) is 0 Å². The lowest BCUT2D eigenvalue weighted by atomic mass is 9.64. The van der Waals surface area contributed by atoms with Gasteiger partial charge in [0.2, 0.25) is 0 Å². The second-order valence-electron chi connectivity index (χ2n) is 4.73. The molecule has 1 fully saturated rings. The van der Waals surface area contributed by atoms with E-state index in [-0.39, 0.29) is 5.75 Å². The molecule has 1 aliphatic carbocycles. The molecule has 0 aliphatic heterocycles. The van der Waals surface area contributed by atoms with Crippen molar-refractivity contribution < 1.29 is 5.11 Å². The summed E-state index contributed by atoms with van der Waals surface area (Å²) in [5.41, 5.74) is 0.356. The van der Waals surface area contributed by atoms with Crippen LogP contribution in [0, 0.1) is 11.3 Å². The molecule has 1 N–H and O–H groups in total. The lowest BCUT2D eigenvalue weighted by molar-refractivity contribution is 0.314. The zero-order valence-corrected chi connectivity index (χ0v) is 9.48. The SMILES string of the molecule is N#CC1(c2c(O)ccc3ccccc23)CCC1. The molecule has 2 aromatic rings. The highest BCUT2D eigenvalue weighted by molar-refractivity contribution is 5.89. The quantitative estimate of drug-likeness (QED) is 0.804. The molecule has 2 nitrogen and oxygen atoms in total. The zero-order valence-electron chi connectivity index (χ0n) is 9.48. The van der Waals surface area contributed by atoms with E-state index in [0.717, 1.165) is 35.6 Å². The minimum absolute atomic E-state index is 0.255. The van der Waals surface area contributed by atoms with Crippen LogP contribution in [-0.2, 0) is 5.41 Å². The van der Waals surface area contributed by atoms with Crippen LogP contribution in [0.15, 0.2) is 36.4 Å². The van der Waals surface area contributed by atoms with Crippen LogP contribution in [0.1, 0.15) is 24.8 Å². The van der Waals surface area contributed by atoms with E-state index in [1.54, 1.807) is 6.07 Å². The van der Waals surface area contributed by atoms with Crippen molar-refractivity contribution in [2.24, 2.45) is 0 Å². The molecular weight excluding hydrogens is 210 g/mol. The van der Waals surface area contributed by atoms with E-state index in [1.807, 2.05) is 30.3 Å². The van der Waals surface area contributed by atoms with E-state index >= 15 is 0 Å². The number of benzene rings is 2. The van der Waals surface area contributed by atoms with E-state index in [2.05, 4.69) is 6.07 Å². The van der Waals surface area contributed by atoms with Crippen molar-refractivity contribution in [2.75, 3.05) is 0 Å². The number of nitriles is 1. The summed E-state index contributed by atoms with van der Waals surface area (Å²) in [6, 6.07) is 13.9. The van der Waals surface area contributed by atoms with Crippen LogP contribution in [0.5, 0.6) is 5.75 Å². The second-order valence-corrected chi connectivity index (χ2v) is 4.73. The van der Waals surface area contributed by atoms with Gasteiger partial charge in [-0.2, -0.15) is 5.26 Å². The van der Waals surface area contributed by atoms with Crippen LogP contribution in [0.2, 0.25) is 0 Å². The van der Waals surface area contributed by atoms with Gasteiger partial charge in [0.15, 0.2) is 0 Å². The first-order valence-electron chi connectivity index (χ1n) is 5.89. The highest BCUT2D eigenvalue weighted by Crippen LogP contribution is 2.48. The van der Waals surface area contributed by atoms with Crippen molar-refractivity contribution in [2.45, 2.75) is 24.7 Å². The third-order valence-corrected chi connectivity index (χ3v) is 3.81. The molecule has 0 amide bonds. The summed E-state index contributed by atoms with van der Waals surface area (Å²) in [6.45, 7) is 0. The fourth-order valence-electron chi connectivity index (χ4n) is 2.71. The van der Waals surface area contributed by atoms with Gasteiger partial charge in [0.25, 0.3) is 0 Å². The zero-order chi connectivity index (χ0) is 11.9. The molecule has 0 spiro atoms. The summed E-state index contributed by atoms with van der Waals surface area (Å²) >= 11 is 0. The van der Waals surface area contributed by atoms with Crippen molar-refractivity contribution >= 4 is 10.8 Å². The van der Waals surface area contributed by atoms with Crippen LogP contribution in [0.4, 0.5) is 0 Å². The third kappa shape index (κ3) is 1.32. The molecule has 3 rings (SSSR count). The molecule has 84 valence electrons. The molecule has 0 heterocycles. The minimum atomic E-state index is -0.467. The Bertz CT molecular complexity index is 620. The number of phenolic OH excluding ortho intramolecular Hbond substituents is 1. The fraction of sp³-hybridized carbons (Fsp3) is 0.267. The van der Waals surface area contributed by atoms with Crippen LogP contribution in [0.3, 0.4) is 0 Å². The summed E-state index contributed by atoms with van der Waals surface area (Å²) in [5.74, 6) is 0.255. The molecule has 0 atom stereocenters. The molecular formula is C15H13NO. The number of hydrogen-bond donors (Lipinski definition) is 1. The van der Waals surface area contributed by atoms with E-state index in [0.29, 0.717) is 0 Å². The summed E-state index contributed by atoms with van der Waals surface area (Å²) in [5, 5.41) is 21.6. The predicted molar refractivity (Wildman–Crippen MR) is 66.8 cm³/mol. The second kappa shape index (κ2) is 3.49. The van der Waals surface area contributed by atoms with Crippen molar-refractivity contribution in [3.8, 4) is 11.8 Å². The number of fused-ring (bicyclic) bond motifs is 1. The maximum atomic E-state index is 10.1. The molecule has 0 radical (unpaired) electrons. The molecule has 0 bridgehead atoms. The smallest absolute Gasteiger partial charge is 0.121 e. The number of rotatable bonds is 1. The summed E-state index contributed by atoms with van der Waals surface area (Å²) in [7, 11) is 0. The number of nitrogens with zero attached hydrogens (tertiary/aromatic N) is 1. The van der Waals surface area contributed by atoms with Gasteiger partial charge in [-0.1, -0.05) is 30.3 Å². The highest BCUT2D eigenvalue weighted by Gasteiger charge is 2.41. The Morgan fingerprint density at radius 1 is 1.12 bits per heavy atom. The monoisotopic (exact) mass is 223 g/mol. The first-order valence-corrected chi connectivity index (χ1v) is 5.89. The topological polar surface area (TPSA) is 44.0 Å². The first kappa shape index (κ1) is 10.2. The maximum Gasteiger partial charge on any atom is 0.121 e. The van der Waals surface area contributed by atoms with E-state index in [9.17, 15) is 10.4 Å². The van der Waals surface area contributed by atoms with Gasteiger partial charge in [-0.25, -0.2) is 0 Å². The van der Waals surface area contributed by atoms with Gasteiger partial charge in [-0.05, 0) is 36.1 Å². The Morgan fingerprint density at radius 3 is 2.53 bits per heavy atom. The average molecular weight is 223 g/mol. The Hall–Kier alpha value is -2.01. The molecule has 0 saturated heterocycles. The fourth-order valence-corrected chi connectivity index (χ4v) is 2.71. The van der Waals surface area contributed by atoms with Crippen LogP contribution in [-0.4, -0.2) is 5.11 Å². The molecule has 17 heavy (non-hydrogen) atoms. The van der Waals surface area contributed by atoms with Crippen molar-refractivity contribution in [3.63, 3.8) is 0 Å². The van der Waals surface area contributed by atoms with Gasteiger partial charge in [-0.15, -0.1) is 0 Å². The molecule has 1 aliphatic rings. The normalized spacial score (nSPS) is 17.4. The molecule has 0 unspecified atom stereocenters. The van der Waals surface area contributed by atoms with Gasteiger partial charge in [0.05, 0.1) is 11.5 Å². The van der Waals surface area contributed by atoms with Gasteiger partial charge in [0, 0.05) is 5.56 Å². The van der Waals surface area contributed by atoms with E-state index in [4.69, 9.17) is 0 Å². The molecule has 2 heteroatoms. The van der Waals surface area contributed by atoms with Gasteiger partial charge in [0.1, 0.15) is 5.75 Å². The Kier molecular flexibility index (Phi) is 2.09. The largest absolute Gasteiger partial charge is 0.508 e. The van der Waals surface area contributed by atoms with Crippen molar-refractivity contribution in [1.29, 1.82) is 5.26 Å². The Morgan fingerprint density at radius 2 is 1.88 bits per heavy atom. The van der Waals surface area contributed by atoms with Crippen molar-refractivity contribution in [1.82, 2.24) is 0 Å². The summed E-state index contributed by atoms with van der Waals surface area (Å²) < 4.78 is 0. The number of hydrogen-bond acceptors (Lipinski definition) is 2. The maximum absolute atomic E-state index is 10.1. The molecule has 0 aromatic heterocycles. The van der Waals surface area contributed by atoms with Crippen LogP contribution < -0.4 is 0 Å². The van der Waals surface area contributed by atoms with Gasteiger partial charge >= 0.3 is 0 Å². The third-order valence-electron chi connectivity index (χ3n) is 3.81. The Labute approximate surface area is 100 Å². The number of phenols is 1. The minimum Gasteiger partial charge on any atom is -0.508 e. The van der Waals surface area contributed by atoms with Crippen LogP contribution in [0.25, 0.3) is 10.8 Å². The number of aromatic hydroxyl groups is 1. The van der Waals surface area contributed by atoms with Gasteiger partial charge < -0.3 is 5.11 Å². The molecule has 1 saturated carbocycles. The molecule has 2 aromatic carbocycles. The van der Waals surface area contributed by atoms with Crippen molar-refractivity contribution in [3.05, 3.63) is 42.0 Å². The summed E-state index contributed by atoms with van der Waals surface area (Å²) in [4.78, 5) is 0. The standard InChI is InChI=1S/C15H13NO/c16-10-15(8-3-9-15)14-12-5-2-1-4-11(12)6-7-13(14)17/h1-2,4-7,17H,3,8-9H2.